The van der Waals surface area contributed by atoms with Gasteiger partial charge in [0.25, 0.3) is 0 Å². The minimum absolute atomic E-state index is 0.104. The van der Waals surface area contributed by atoms with Gasteiger partial charge in [-0.1, -0.05) is 65.3 Å². The third kappa shape index (κ3) is 6.90. The molecule has 0 fully saturated rings. The summed E-state index contributed by atoms with van der Waals surface area (Å²) in [5.74, 6) is -0.197. The molecule has 1 amide bonds. The van der Waals surface area contributed by atoms with Gasteiger partial charge in [0, 0.05) is 27.8 Å². The number of rotatable bonds is 9. The Bertz CT molecular complexity index is 1190. The highest BCUT2D eigenvalue weighted by Gasteiger charge is 2.20. The van der Waals surface area contributed by atoms with Crippen molar-refractivity contribution in [3.8, 4) is 0 Å². The van der Waals surface area contributed by atoms with Crippen LogP contribution in [0.4, 0.5) is 11.4 Å². The Balaban J connectivity index is 1.64. The molecule has 0 bridgehead atoms. The third-order valence-electron chi connectivity index (χ3n) is 4.47. The molecule has 1 N–H and O–H groups in total. The van der Waals surface area contributed by atoms with Crippen LogP contribution in [0.1, 0.15) is 12.8 Å². The van der Waals surface area contributed by atoms with Gasteiger partial charge in [-0.05, 0) is 48.9 Å². The normalized spacial score (nSPS) is 11.2. The van der Waals surface area contributed by atoms with E-state index >= 15 is 0 Å². The number of amides is 1. The summed E-state index contributed by atoms with van der Waals surface area (Å²) in [6.45, 7) is 0.104. The first-order valence-corrected chi connectivity index (χ1v) is 13.2. The standard InChI is InChI=1S/C23H22Cl2N2O3S2/c1-32(29,30)27(21-16-17(24)13-14-19(21)25)15-7-12-23(28)26-20-10-5-6-11-22(20)31-18-8-3-2-4-9-18/h2-6,8-11,13-14,16H,7,12,15H2,1H3,(H,26,28). The predicted octanol–water partition coefficient (Wildman–Crippen LogP) is 6.33. The zero-order valence-corrected chi connectivity index (χ0v) is 20.4. The number of para-hydroxylation sites is 1. The van der Waals surface area contributed by atoms with Crippen molar-refractivity contribution in [2.75, 3.05) is 22.4 Å². The maximum absolute atomic E-state index is 12.6. The Morgan fingerprint density at radius 2 is 1.69 bits per heavy atom. The molecule has 0 spiro atoms. The Kier molecular flexibility index (Phi) is 8.48. The van der Waals surface area contributed by atoms with Gasteiger partial charge in [0.15, 0.2) is 0 Å². The number of halogens is 2. The molecule has 0 aliphatic rings. The van der Waals surface area contributed by atoms with Gasteiger partial charge >= 0.3 is 0 Å². The van der Waals surface area contributed by atoms with Crippen molar-refractivity contribution < 1.29 is 13.2 Å². The van der Waals surface area contributed by atoms with Crippen LogP contribution in [0, 0.1) is 0 Å². The molecule has 0 heterocycles. The van der Waals surface area contributed by atoms with Gasteiger partial charge in [-0.25, -0.2) is 8.42 Å². The zero-order valence-electron chi connectivity index (χ0n) is 17.3. The SMILES string of the molecule is CS(=O)(=O)N(CCCC(=O)Nc1ccccc1Sc1ccccc1)c1cc(Cl)ccc1Cl. The lowest BCUT2D eigenvalue weighted by atomic mass is 10.2. The first kappa shape index (κ1) is 24.5. The molecule has 0 saturated heterocycles. The Morgan fingerprint density at radius 3 is 2.41 bits per heavy atom. The van der Waals surface area contributed by atoms with Crippen LogP contribution in [-0.4, -0.2) is 27.1 Å². The highest BCUT2D eigenvalue weighted by atomic mass is 35.5. The summed E-state index contributed by atoms with van der Waals surface area (Å²) in [6.07, 6.45) is 1.56. The van der Waals surface area contributed by atoms with E-state index in [0.717, 1.165) is 16.0 Å². The number of nitrogens with one attached hydrogen (secondary N) is 1. The summed E-state index contributed by atoms with van der Waals surface area (Å²) in [5, 5.41) is 3.58. The fraction of sp³-hybridized carbons (Fsp3) is 0.174. The number of sulfonamides is 1. The fourth-order valence-electron chi connectivity index (χ4n) is 3.01. The Hall–Kier alpha value is -2.19. The minimum Gasteiger partial charge on any atom is -0.325 e. The van der Waals surface area contributed by atoms with E-state index in [9.17, 15) is 13.2 Å². The van der Waals surface area contributed by atoms with Crippen molar-refractivity contribution in [2.24, 2.45) is 0 Å². The first-order valence-electron chi connectivity index (χ1n) is 9.78. The molecule has 9 heteroatoms. The average molecular weight is 509 g/mol. The number of hydrogen-bond donors (Lipinski definition) is 1. The summed E-state index contributed by atoms with van der Waals surface area (Å²) < 4.78 is 25.8. The van der Waals surface area contributed by atoms with Crippen LogP contribution in [0.3, 0.4) is 0 Å². The van der Waals surface area contributed by atoms with Gasteiger partial charge in [-0.3, -0.25) is 9.10 Å². The number of anilines is 2. The molecular weight excluding hydrogens is 487 g/mol. The van der Waals surface area contributed by atoms with Crippen LogP contribution in [-0.2, 0) is 14.8 Å². The largest absolute Gasteiger partial charge is 0.325 e. The van der Waals surface area contributed by atoms with Crippen molar-refractivity contribution in [1.82, 2.24) is 0 Å². The molecule has 0 aliphatic heterocycles. The van der Waals surface area contributed by atoms with Crippen molar-refractivity contribution in [3.05, 3.63) is 82.8 Å². The number of carbonyl (C=O) groups is 1. The van der Waals surface area contributed by atoms with E-state index in [1.807, 2.05) is 54.6 Å². The molecule has 3 aromatic carbocycles. The third-order valence-corrected chi connectivity index (χ3v) is 7.29. The molecule has 0 aliphatic carbocycles. The van der Waals surface area contributed by atoms with E-state index in [4.69, 9.17) is 23.2 Å². The summed E-state index contributed by atoms with van der Waals surface area (Å²) in [7, 11) is -3.60. The predicted molar refractivity (Wildman–Crippen MR) is 134 cm³/mol. The molecule has 168 valence electrons. The molecule has 0 saturated carbocycles. The lowest BCUT2D eigenvalue weighted by Gasteiger charge is -2.23. The van der Waals surface area contributed by atoms with E-state index in [1.54, 1.807) is 23.9 Å². The summed E-state index contributed by atoms with van der Waals surface area (Å²) in [4.78, 5) is 14.6. The second kappa shape index (κ2) is 11.1. The van der Waals surface area contributed by atoms with Crippen LogP contribution in [0.2, 0.25) is 10.0 Å². The second-order valence-electron chi connectivity index (χ2n) is 6.99. The lowest BCUT2D eigenvalue weighted by molar-refractivity contribution is -0.116. The number of hydrogen-bond acceptors (Lipinski definition) is 4. The van der Waals surface area contributed by atoms with E-state index in [1.165, 1.54) is 10.4 Å². The van der Waals surface area contributed by atoms with Crippen LogP contribution < -0.4 is 9.62 Å². The van der Waals surface area contributed by atoms with Gasteiger partial charge in [0.1, 0.15) is 0 Å². The molecule has 0 radical (unpaired) electrons. The number of nitrogens with zero attached hydrogens (tertiary/aromatic N) is 1. The van der Waals surface area contributed by atoms with Gasteiger partial charge in [-0.2, -0.15) is 0 Å². The van der Waals surface area contributed by atoms with Crippen LogP contribution in [0.15, 0.2) is 82.6 Å². The van der Waals surface area contributed by atoms with Gasteiger partial charge < -0.3 is 5.32 Å². The smallest absolute Gasteiger partial charge is 0.232 e. The maximum Gasteiger partial charge on any atom is 0.232 e. The summed E-state index contributed by atoms with van der Waals surface area (Å²) in [6, 6.07) is 22.1. The summed E-state index contributed by atoms with van der Waals surface area (Å²) in [5.41, 5.74) is 1.01. The molecule has 0 unspecified atom stereocenters. The molecular formula is C23H22Cl2N2O3S2. The fourth-order valence-corrected chi connectivity index (χ4v) is 5.34. The summed E-state index contributed by atoms with van der Waals surface area (Å²) >= 11 is 13.8. The van der Waals surface area contributed by atoms with Crippen molar-refractivity contribution in [3.63, 3.8) is 0 Å². The van der Waals surface area contributed by atoms with E-state index < -0.39 is 10.0 Å². The first-order chi connectivity index (χ1) is 15.2. The van der Waals surface area contributed by atoms with E-state index in [2.05, 4.69) is 5.32 Å². The van der Waals surface area contributed by atoms with Gasteiger partial charge in [0.2, 0.25) is 15.9 Å². The highest BCUT2D eigenvalue weighted by molar-refractivity contribution is 7.99. The van der Waals surface area contributed by atoms with Crippen LogP contribution in [0.25, 0.3) is 0 Å². The molecule has 3 rings (SSSR count). The molecule has 0 aromatic heterocycles. The van der Waals surface area contributed by atoms with Crippen molar-refractivity contribution in [1.29, 1.82) is 0 Å². The molecule has 32 heavy (non-hydrogen) atoms. The zero-order chi connectivity index (χ0) is 23.1. The Labute approximate surface area is 202 Å². The second-order valence-corrected chi connectivity index (χ2v) is 10.9. The minimum atomic E-state index is -3.60. The van der Waals surface area contributed by atoms with Gasteiger partial charge in [0.05, 0.1) is 22.7 Å². The van der Waals surface area contributed by atoms with E-state index in [0.29, 0.717) is 22.8 Å². The number of benzene rings is 3. The molecule has 5 nitrogen and oxygen atoms in total. The topological polar surface area (TPSA) is 66.5 Å². The molecule has 0 atom stereocenters. The quantitative estimate of drug-likeness (QED) is 0.366. The van der Waals surface area contributed by atoms with Crippen LogP contribution in [0.5, 0.6) is 0 Å². The van der Waals surface area contributed by atoms with Crippen LogP contribution >= 0.6 is 35.0 Å². The number of carbonyl (C=O) groups excluding carboxylic acids is 1. The molecule has 3 aromatic rings. The monoisotopic (exact) mass is 508 g/mol. The lowest BCUT2D eigenvalue weighted by Crippen LogP contribution is -2.31. The average Bonchev–Trinajstić information content (AvgIpc) is 2.74. The Morgan fingerprint density at radius 1 is 1.00 bits per heavy atom. The highest BCUT2D eigenvalue weighted by Crippen LogP contribution is 2.33. The van der Waals surface area contributed by atoms with Crippen molar-refractivity contribution in [2.45, 2.75) is 22.6 Å². The maximum atomic E-state index is 12.6. The van der Waals surface area contributed by atoms with Gasteiger partial charge in [-0.15, -0.1) is 0 Å². The van der Waals surface area contributed by atoms with Crippen molar-refractivity contribution >= 4 is 62.3 Å². The van der Waals surface area contributed by atoms with E-state index in [-0.39, 0.29) is 23.9 Å².